The van der Waals surface area contributed by atoms with Gasteiger partial charge in [0, 0.05) is 24.5 Å². The zero-order valence-corrected chi connectivity index (χ0v) is 15.3. The number of fused-ring (bicyclic) bond motifs is 2. The number of carbonyl (C=O) groups is 1. The maximum absolute atomic E-state index is 12.4. The Morgan fingerprint density at radius 2 is 2.04 bits per heavy atom. The van der Waals surface area contributed by atoms with Gasteiger partial charge in [0.1, 0.15) is 5.56 Å². The molecule has 0 saturated carbocycles. The number of nitrogens with one attached hydrogen (secondary N) is 2. The predicted octanol–water partition coefficient (Wildman–Crippen LogP) is 2.80. The molecule has 0 aliphatic rings. The van der Waals surface area contributed by atoms with E-state index in [1.165, 1.54) is 0 Å². The van der Waals surface area contributed by atoms with Gasteiger partial charge in [-0.2, -0.15) is 5.10 Å². The van der Waals surface area contributed by atoms with E-state index in [-0.39, 0.29) is 5.91 Å². The van der Waals surface area contributed by atoms with E-state index in [4.69, 9.17) is 0 Å². The topological polar surface area (TPSA) is 84.2 Å². The Morgan fingerprint density at radius 1 is 1.19 bits per heavy atom. The Labute approximate surface area is 154 Å². The normalized spacial score (nSPS) is 11.2. The van der Waals surface area contributed by atoms with Crippen LogP contribution in [0.4, 0.5) is 5.13 Å². The Morgan fingerprint density at radius 3 is 2.88 bits per heavy atom. The van der Waals surface area contributed by atoms with Gasteiger partial charge in [0.05, 0.1) is 16.4 Å². The van der Waals surface area contributed by atoms with Crippen molar-refractivity contribution in [2.75, 3.05) is 18.4 Å². The molecule has 0 spiro atoms. The smallest absolute Gasteiger partial charge is 0.256 e. The minimum Gasteiger partial charge on any atom is -0.360 e. The highest BCUT2D eigenvalue weighted by Gasteiger charge is 2.15. The number of carbonyl (C=O) groups excluding carboxylic acids is 1. The van der Waals surface area contributed by atoms with Crippen LogP contribution in [0.3, 0.4) is 0 Å². The van der Waals surface area contributed by atoms with Gasteiger partial charge in [-0.1, -0.05) is 23.5 Å². The first-order valence-corrected chi connectivity index (χ1v) is 9.13. The molecule has 8 heteroatoms. The Hall–Kier alpha value is -3.00. The van der Waals surface area contributed by atoms with Crippen molar-refractivity contribution in [2.45, 2.75) is 13.8 Å². The second-order valence-electron chi connectivity index (χ2n) is 6.00. The van der Waals surface area contributed by atoms with E-state index in [1.54, 1.807) is 22.0 Å². The number of anilines is 1. The number of thiazole rings is 1. The lowest BCUT2D eigenvalue weighted by Crippen LogP contribution is -2.28. The number of para-hydroxylation sites is 1. The second-order valence-corrected chi connectivity index (χ2v) is 7.03. The quantitative estimate of drug-likeness (QED) is 0.531. The third-order valence-electron chi connectivity index (χ3n) is 4.00. The third-order valence-corrected chi connectivity index (χ3v) is 5.00. The van der Waals surface area contributed by atoms with E-state index in [9.17, 15) is 4.79 Å². The number of hydrogen-bond donors (Lipinski definition) is 2. The summed E-state index contributed by atoms with van der Waals surface area (Å²) in [5, 5.41) is 11.2. The van der Waals surface area contributed by atoms with Crippen molar-refractivity contribution in [1.82, 2.24) is 24.9 Å². The lowest BCUT2D eigenvalue weighted by molar-refractivity contribution is 0.0956. The number of benzene rings is 1. The minimum absolute atomic E-state index is 0.177. The van der Waals surface area contributed by atoms with Crippen molar-refractivity contribution >= 4 is 38.2 Å². The van der Waals surface area contributed by atoms with Gasteiger partial charge in [-0.05, 0) is 32.0 Å². The Balaban J connectivity index is 1.38. The molecule has 0 fully saturated rings. The van der Waals surface area contributed by atoms with E-state index in [2.05, 4.69) is 25.7 Å². The molecule has 3 aromatic heterocycles. The molecule has 4 aromatic rings. The lowest BCUT2D eigenvalue weighted by Gasteiger charge is -2.05. The molecule has 0 atom stereocenters. The van der Waals surface area contributed by atoms with Gasteiger partial charge in [-0.3, -0.25) is 4.79 Å². The van der Waals surface area contributed by atoms with Crippen molar-refractivity contribution in [1.29, 1.82) is 0 Å². The number of aryl methyl sites for hydroxylation is 2. The SMILES string of the molecule is Cc1cc(C)n2ncc(C(=O)NCCNc3nc4ccccc4s3)c2n1. The predicted molar refractivity (Wildman–Crippen MR) is 103 cm³/mol. The van der Waals surface area contributed by atoms with Gasteiger partial charge in [-0.15, -0.1) is 0 Å². The highest BCUT2D eigenvalue weighted by molar-refractivity contribution is 7.22. The molecule has 0 bridgehead atoms. The summed E-state index contributed by atoms with van der Waals surface area (Å²) in [6.45, 7) is 4.93. The van der Waals surface area contributed by atoms with Gasteiger partial charge in [0.2, 0.25) is 0 Å². The van der Waals surface area contributed by atoms with Crippen LogP contribution in [-0.4, -0.2) is 38.6 Å². The van der Waals surface area contributed by atoms with Crippen molar-refractivity contribution in [2.24, 2.45) is 0 Å². The molecule has 1 aromatic carbocycles. The third kappa shape index (κ3) is 3.11. The van der Waals surface area contributed by atoms with Gasteiger partial charge in [-0.25, -0.2) is 14.5 Å². The summed E-state index contributed by atoms with van der Waals surface area (Å²) in [7, 11) is 0. The van der Waals surface area contributed by atoms with Crippen LogP contribution in [0.25, 0.3) is 15.9 Å². The number of nitrogens with zero attached hydrogens (tertiary/aromatic N) is 4. The molecule has 7 nitrogen and oxygen atoms in total. The molecule has 26 heavy (non-hydrogen) atoms. The maximum Gasteiger partial charge on any atom is 0.256 e. The molecule has 4 rings (SSSR count). The van der Waals surface area contributed by atoms with E-state index >= 15 is 0 Å². The number of aromatic nitrogens is 4. The monoisotopic (exact) mass is 366 g/mol. The van der Waals surface area contributed by atoms with Crippen molar-refractivity contribution in [3.05, 3.63) is 53.5 Å². The average molecular weight is 366 g/mol. The summed E-state index contributed by atoms with van der Waals surface area (Å²) in [6, 6.07) is 9.94. The highest BCUT2D eigenvalue weighted by Crippen LogP contribution is 2.24. The summed E-state index contributed by atoms with van der Waals surface area (Å²) in [6.07, 6.45) is 1.56. The largest absolute Gasteiger partial charge is 0.360 e. The molecule has 0 radical (unpaired) electrons. The molecule has 3 heterocycles. The van der Waals surface area contributed by atoms with Crippen LogP contribution in [0.2, 0.25) is 0 Å². The van der Waals surface area contributed by atoms with Crippen LogP contribution in [0.15, 0.2) is 36.5 Å². The van der Waals surface area contributed by atoms with E-state index in [0.29, 0.717) is 24.3 Å². The van der Waals surface area contributed by atoms with Crippen molar-refractivity contribution in [3.8, 4) is 0 Å². The first-order chi connectivity index (χ1) is 12.6. The molecule has 0 aliphatic heterocycles. The molecule has 2 N–H and O–H groups in total. The second kappa shape index (κ2) is 6.72. The molecule has 1 amide bonds. The first kappa shape index (κ1) is 16.5. The standard InChI is InChI=1S/C18H18N6OS/c1-11-9-12(2)24-16(22-11)13(10-21-24)17(25)19-7-8-20-18-23-14-5-3-4-6-15(14)26-18/h3-6,9-10H,7-8H2,1-2H3,(H,19,25)(H,20,23). The zero-order chi connectivity index (χ0) is 18.1. The van der Waals surface area contributed by atoms with E-state index in [1.807, 2.05) is 44.2 Å². The summed E-state index contributed by atoms with van der Waals surface area (Å²) >= 11 is 1.60. The summed E-state index contributed by atoms with van der Waals surface area (Å²) in [5.74, 6) is -0.177. The Kier molecular flexibility index (Phi) is 4.26. The molecular weight excluding hydrogens is 348 g/mol. The minimum atomic E-state index is -0.177. The van der Waals surface area contributed by atoms with E-state index < -0.39 is 0 Å². The van der Waals surface area contributed by atoms with Crippen LogP contribution in [-0.2, 0) is 0 Å². The maximum atomic E-state index is 12.4. The number of rotatable bonds is 5. The summed E-state index contributed by atoms with van der Waals surface area (Å²) in [4.78, 5) is 21.4. The molecular formula is C18H18N6OS. The molecule has 0 unspecified atom stereocenters. The van der Waals surface area contributed by atoms with Gasteiger partial charge in [0.25, 0.3) is 5.91 Å². The molecule has 132 valence electrons. The number of hydrogen-bond acceptors (Lipinski definition) is 6. The van der Waals surface area contributed by atoms with Crippen molar-refractivity contribution < 1.29 is 4.79 Å². The highest BCUT2D eigenvalue weighted by atomic mass is 32.1. The van der Waals surface area contributed by atoms with Crippen LogP contribution in [0.1, 0.15) is 21.7 Å². The molecule has 0 aliphatic carbocycles. The molecule has 0 saturated heterocycles. The van der Waals surface area contributed by atoms with Gasteiger partial charge in [0.15, 0.2) is 10.8 Å². The number of amides is 1. The van der Waals surface area contributed by atoms with E-state index in [0.717, 1.165) is 26.7 Å². The van der Waals surface area contributed by atoms with Crippen LogP contribution < -0.4 is 10.6 Å². The van der Waals surface area contributed by atoms with Crippen molar-refractivity contribution in [3.63, 3.8) is 0 Å². The first-order valence-electron chi connectivity index (χ1n) is 8.31. The summed E-state index contributed by atoms with van der Waals surface area (Å²) in [5.41, 5.74) is 3.86. The van der Waals surface area contributed by atoms with Crippen LogP contribution in [0, 0.1) is 13.8 Å². The van der Waals surface area contributed by atoms with Gasteiger partial charge < -0.3 is 10.6 Å². The fraction of sp³-hybridized carbons (Fsp3) is 0.222. The average Bonchev–Trinajstić information content (AvgIpc) is 3.22. The lowest BCUT2D eigenvalue weighted by atomic mass is 10.3. The van der Waals surface area contributed by atoms with Crippen LogP contribution in [0.5, 0.6) is 0 Å². The van der Waals surface area contributed by atoms with Crippen LogP contribution >= 0.6 is 11.3 Å². The summed E-state index contributed by atoms with van der Waals surface area (Å²) < 4.78 is 2.82. The fourth-order valence-electron chi connectivity index (χ4n) is 2.82. The Bertz CT molecular complexity index is 1070. The zero-order valence-electron chi connectivity index (χ0n) is 14.5. The van der Waals surface area contributed by atoms with Gasteiger partial charge >= 0.3 is 0 Å². The fourth-order valence-corrected chi connectivity index (χ4v) is 3.71.